The predicted octanol–water partition coefficient (Wildman–Crippen LogP) is 2.98. The zero-order valence-corrected chi connectivity index (χ0v) is 17.4. The quantitative estimate of drug-likeness (QED) is 0.460. The minimum atomic E-state index is -0.386. The van der Waals surface area contributed by atoms with Crippen molar-refractivity contribution in [3.05, 3.63) is 89.9 Å². The van der Waals surface area contributed by atoms with Crippen molar-refractivity contribution in [3.8, 4) is 17.2 Å². The monoisotopic (exact) mass is 432 g/mol. The lowest BCUT2D eigenvalue weighted by Gasteiger charge is -2.10. The van der Waals surface area contributed by atoms with Crippen LogP contribution in [0.5, 0.6) is 0 Å². The molecule has 3 aromatic heterocycles. The summed E-state index contributed by atoms with van der Waals surface area (Å²) in [5.41, 5.74) is 2.65. The summed E-state index contributed by atoms with van der Waals surface area (Å²) >= 11 is 0. The molecule has 32 heavy (non-hydrogen) atoms. The molecule has 0 atom stereocenters. The number of hydrogen-bond donors (Lipinski definition) is 1. The summed E-state index contributed by atoms with van der Waals surface area (Å²) in [6, 6.07) is 11.8. The third kappa shape index (κ3) is 4.68. The number of amides is 1. The molecule has 1 amide bonds. The summed E-state index contributed by atoms with van der Waals surface area (Å²) in [5, 5.41) is 7.19. The van der Waals surface area contributed by atoms with Gasteiger partial charge in [-0.25, -0.2) is 14.4 Å². The summed E-state index contributed by atoms with van der Waals surface area (Å²) in [6.45, 7) is 0.569. The van der Waals surface area contributed by atoms with Crippen LogP contribution >= 0.6 is 0 Å². The highest BCUT2D eigenvalue weighted by molar-refractivity contribution is 5.95. The van der Waals surface area contributed by atoms with E-state index in [1.807, 2.05) is 12.1 Å². The number of hydrogen-bond acceptors (Lipinski definition) is 6. The van der Waals surface area contributed by atoms with Crippen LogP contribution in [0, 0.1) is 5.82 Å². The molecule has 0 aliphatic rings. The number of carbonyl (C=O) groups excluding carboxylic acids is 1. The maximum atomic E-state index is 14.2. The number of aromatic nitrogens is 5. The van der Waals surface area contributed by atoms with Gasteiger partial charge >= 0.3 is 0 Å². The SMILES string of the molecule is COCc1c(C(=O)NCCc2cccnc2)cnn1-c1nccc(-c2ccccc2F)n1. The Hall–Kier alpha value is -3.98. The number of methoxy groups -OCH3 is 1. The van der Waals surface area contributed by atoms with Crippen molar-refractivity contribution in [3.63, 3.8) is 0 Å². The van der Waals surface area contributed by atoms with Crippen LogP contribution < -0.4 is 5.32 Å². The Morgan fingerprint density at radius 1 is 1.12 bits per heavy atom. The average molecular weight is 432 g/mol. The van der Waals surface area contributed by atoms with Gasteiger partial charge in [0.2, 0.25) is 0 Å². The summed E-state index contributed by atoms with van der Waals surface area (Å²) in [6.07, 6.45) is 7.10. The number of ether oxygens (including phenoxy) is 1. The number of nitrogens with one attached hydrogen (secondary N) is 1. The van der Waals surface area contributed by atoms with Gasteiger partial charge in [-0.2, -0.15) is 9.78 Å². The van der Waals surface area contributed by atoms with Gasteiger partial charge in [0.15, 0.2) is 0 Å². The second-order valence-corrected chi connectivity index (χ2v) is 6.94. The number of carbonyl (C=O) groups is 1. The van der Waals surface area contributed by atoms with E-state index in [0.29, 0.717) is 35.5 Å². The minimum Gasteiger partial charge on any atom is -0.378 e. The molecular weight excluding hydrogens is 411 g/mol. The van der Waals surface area contributed by atoms with E-state index >= 15 is 0 Å². The Kier molecular flexibility index (Phi) is 6.57. The maximum absolute atomic E-state index is 14.2. The number of rotatable bonds is 8. The van der Waals surface area contributed by atoms with Gasteiger partial charge in [0.05, 0.1) is 29.8 Å². The summed E-state index contributed by atoms with van der Waals surface area (Å²) in [7, 11) is 1.53. The Labute approximate surface area is 184 Å². The van der Waals surface area contributed by atoms with Gasteiger partial charge in [-0.3, -0.25) is 9.78 Å². The van der Waals surface area contributed by atoms with Crippen LogP contribution in [-0.4, -0.2) is 44.3 Å². The van der Waals surface area contributed by atoms with Crippen molar-refractivity contribution in [2.45, 2.75) is 13.0 Å². The molecule has 3 heterocycles. The van der Waals surface area contributed by atoms with Crippen molar-refractivity contribution in [1.29, 1.82) is 0 Å². The first-order valence-electron chi connectivity index (χ1n) is 9.98. The first kappa shape index (κ1) is 21.3. The third-order valence-corrected chi connectivity index (χ3v) is 4.80. The zero-order valence-electron chi connectivity index (χ0n) is 17.4. The molecule has 0 spiro atoms. The fraction of sp³-hybridized carbons (Fsp3) is 0.174. The molecule has 0 saturated heterocycles. The van der Waals surface area contributed by atoms with Crippen LogP contribution in [0.2, 0.25) is 0 Å². The highest BCUT2D eigenvalue weighted by Crippen LogP contribution is 2.21. The number of halogens is 1. The van der Waals surface area contributed by atoms with E-state index in [1.165, 1.54) is 30.3 Å². The Morgan fingerprint density at radius 2 is 2.00 bits per heavy atom. The molecule has 8 nitrogen and oxygen atoms in total. The molecule has 0 bridgehead atoms. The van der Waals surface area contributed by atoms with Crippen molar-refractivity contribution in [2.24, 2.45) is 0 Å². The molecule has 162 valence electrons. The Balaban J connectivity index is 1.57. The van der Waals surface area contributed by atoms with Crippen LogP contribution in [-0.2, 0) is 17.8 Å². The van der Waals surface area contributed by atoms with Crippen LogP contribution in [0.1, 0.15) is 21.6 Å². The fourth-order valence-electron chi connectivity index (χ4n) is 3.24. The van der Waals surface area contributed by atoms with E-state index in [9.17, 15) is 9.18 Å². The summed E-state index contributed by atoms with van der Waals surface area (Å²) in [4.78, 5) is 25.6. The van der Waals surface area contributed by atoms with Crippen molar-refractivity contribution >= 4 is 5.91 Å². The predicted molar refractivity (Wildman–Crippen MR) is 116 cm³/mol. The van der Waals surface area contributed by atoms with Crippen LogP contribution in [0.15, 0.2) is 67.3 Å². The molecule has 4 aromatic rings. The molecule has 1 aromatic carbocycles. The topological polar surface area (TPSA) is 94.8 Å². The van der Waals surface area contributed by atoms with E-state index in [2.05, 4.69) is 25.4 Å². The van der Waals surface area contributed by atoms with Gasteiger partial charge in [0.25, 0.3) is 11.9 Å². The summed E-state index contributed by atoms with van der Waals surface area (Å²) < 4.78 is 20.9. The van der Waals surface area contributed by atoms with Gasteiger partial charge in [-0.1, -0.05) is 18.2 Å². The van der Waals surface area contributed by atoms with Crippen LogP contribution in [0.3, 0.4) is 0 Å². The van der Waals surface area contributed by atoms with E-state index < -0.39 is 0 Å². The van der Waals surface area contributed by atoms with Crippen molar-refractivity contribution in [2.75, 3.05) is 13.7 Å². The third-order valence-electron chi connectivity index (χ3n) is 4.80. The van der Waals surface area contributed by atoms with Gasteiger partial charge in [0, 0.05) is 37.8 Å². The van der Waals surface area contributed by atoms with Gasteiger partial charge in [-0.05, 0) is 36.2 Å². The molecule has 0 aliphatic carbocycles. The summed E-state index contributed by atoms with van der Waals surface area (Å²) in [5.74, 6) is -0.451. The van der Waals surface area contributed by atoms with Gasteiger partial charge in [0.1, 0.15) is 5.82 Å². The smallest absolute Gasteiger partial charge is 0.254 e. The fourth-order valence-corrected chi connectivity index (χ4v) is 3.24. The molecule has 9 heteroatoms. The van der Waals surface area contributed by atoms with Gasteiger partial charge in [-0.15, -0.1) is 0 Å². The lowest BCUT2D eigenvalue weighted by atomic mass is 10.1. The van der Waals surface area contributed by atoms with E-state index in [-0.39, 0.29) is 24.3 Å². The van der Waals surface area contributed by atoms with Gasteiger partial charge < -0.3 is 10.1 Å². The second-order valence-electron chi connectivity index (χ2n) is 6.94. The van der Waals surface area contributed by atoms with Crippen molar-refractivity contribution in [1.82, 2.24) is 30.0 Å². The molecule has 4 rings (SSSR count). The van der Waals surface area contributed by atoms with Crippen LogP contribution in [0.4, 0.5) is 4.39 Å². The number of benzene rings is 1. The Bertz CT molecular complexity index is 1210. The highest BCUT2D eigenvalue weighted by atomic mass is 19.1. The lowest BCUT2D eigenvalue weighted by molar-refractivity contribution is 0.0948. The average Bonchev–Trinajstić information content (AvgIpc) is 3.24. The normalized spacial score (nSPS) is 10.8. The maximum Gasteiger partial charge on any atom is 0.254 e. The molecule has 0 unspecified atom stereocenters. The molecule has 0 fully saturated rings. The molecule has 0 saturated carbocycles. The molecule has 1 N–H and O–H groups in total. The largest absolute Gasteiger partial charge is 0.378 e. The van der Waals surface area contributed by atoms with Crippen molar-refractivity contribution < 1.29 is 13.9 Å². The highest BCUT2D eigenvalue weighted by Gasteiger charge is 2.20. The Morgan fingerprint density at radius 3 is 2.78 bits per heavy atom. The zero-order chi connectivity index (χ0) is 22.3. The van der Waals surface area contributed by atoms with E-state index in [0.717, 1.165) is 5.56 Å². The molecule has 0 aliphatic heterocycles. The van der Waals surface area contributed by atoms with E-state index in [1.54, 1.807) is 36.7 Å². The molecule has 0 radical (unpaired) electrons. The standard InChI is InChI=1S/C23H21FN6O2/c1-32-15-21-18(22(31)26-11-8-16-5-4-10-25-13-16)14-28-30(21)23-27-12-9-20(29-23)17-6-2-3-7-19(17)24/h2-7,9-10,12-14H,8,11,15H2,1H3,(H,26,31). The van der Waals surface area contributed by atoms with E-state index in [4.69, 9.17) is 4.74 Å². The van der Waals surface area contributed by atoms with Crippen LogP contribution in [0.25, 0.3) is 17.2 Å². The number of pyridine rings is 1. The lowest BCUT2D eigenvalue weighted by Crippen LogP contribution is -2.26. The number of nitrogens with zero attached hydrogens (tertiary/aromatic N) is 5. The first-order valence-corrected chi connectivity index (χ1v) is 9.98. The molecular formula is C23H21FN6O2. The second kappa shape index (κ2) is 9.88. The first-order chi connectivity index (χ1) is 15.7. The minimum absolute atomic E-state index is 0.124.